The highest BCUT2D eigenvalue weighted by Crippen LogP contribution is 2.29. The van der Waals surface area contributed by atoms with Crippen molar-refractivity contribution in [2.45, 2.75) is 65.8 Å². The number of halogens is 1. The van der Waals surface area contributed by atoms with Gasteiger partial charge in [0.25, 0.3) is 0 Å². The van der Waals surface area contributed by atoms with Crippen molar-refractivity contribution in [1.29, 1.82) is 0 Å². The molecule has 0 saturated heterocycles. The summed E-state index contributed by atoms with van der Waals surface area (Å²) in [5.41, 5.74) is 2.59. The highest BCUT2D eigenvalue weighted by molar-refractivity contribution is 6.30. The zero-order valence-electron chi connectivity index (χ0n) is 13.5. The molecule has 1 rings (SSSR count). The normalized spacial score (nSPS) is 14.2. The molecule has 0 fully saturated rings. The van der Waals surface area contributed by atoms with Gasteiger partial charge in [-0.25, -0.2) is 0 Å². The lowest BCUT2D eigenvalue weighted by Gasteiger charge is -2.24. The molecular formula is C18H30ClN. The van der Waals surface area contributed by atoms with Crippen molar-refractivity contribution in [3.05, 3.63) is 34.3 Å². The van der Waals surface area contributed by atoms with E-state index in [0.29, 0.717) is 6.04 Å². The summed E-state index contributed by atoms with van der Waals surface area (Å²) in [6.45, 7) is 9.88. The van der Waals surface area contributed by atoms with Crippen LogP contribution in [-0.4, -0.2) is 6.54 Å². The van der Waals surface area contributed by atoms with Crippen LogP contribution in [0.5, 0.6) is 0 Å². The Morgan fingerprint density at radius 1 is 1.15 bits per heavy atom. The average Bonchev–Trinajstić information content (AvgIpc) is 2.41. The number of unbranched alkanes of at least 4 members (excludes halogenated alkanes) is 1. The SMILES string of the molecule is CCCCC(CC)CC(NCC)c1cc(C)cc(Cl)c1. The second kappa shape index (κ2) is 9.41. The van der Waals surface area contributed by atoms with Gasteiger partial charge in [0.1, 0.15) is 0 Å². The molecule has 0 radical (unpaired) electrons. The molecule has 1 aromatic carbocycles. The minimum absolute atomic E-state index is 0.430. The number of benzene rings is 1. The van der Waals surface area contributed by atoms with Crippen molar-refractivity contribution < 1.29 is 0 Å². The smallest absolute Gasteiger partial charge is 0.0411 e. The summed E-state index contributed by atoms with van der Waals surface area (Å²) in [5.74, 6) is 0.804. The molecule has 0 saturated carbocycles. The van der Waals surface area contributed by atoms with E-state index < -0.39 is 0 Å². The molecule has 1 aromatic rings. The van der Waals surface area contributed by atoms with E-state index in [1.807, 2.05) is 6.07 Å². The highest BCUT2D eigenvalue weighted by Gasteiger charge is 2.16. The highest BCUT2D eigenvalue weighted by atomic mass is 35.5. The Bertz CT molecular complexity index is 369. The van der Waals surface area contributed by atoms with Crippen LogP contribution in [0.4, 0.5) is 0 Å². The Hall–Kier alpha value is -0.530. The van der Waals surface area contributed by atoms with Crippen LogP contribution >= 0.6 is 11.6 Å². The second-order valence-electron chi connectivity index (χ2n) is 5.82. The van der Waals surface area contributed by atoms with Crippen LogP contribution in [-0.2, 0) is 0 Å². The van der Waals surface area contributed by atoms with E-state index in [1.54, 1.807) is 0 Å². The van der Waals surface area contributed by atoms with Gasteiger partial charge in [0.15, 0.2) is 0 Å². The zero-order chi connectivity index (χ0) is 15.0. The van der Waals surface area contributed by atoms with Gasteiger partial charge in [0, 0.05) is 11.1 Å². The first kappa shape index (κ1) is 17.5. The van der Waals surface area contributed by atoms with Gasteiger partial charge in [-0.2, -0.15) is 0 Å². The summed E-state index contributed by atoms with van der Waals surface area (Å²) < 4.78 is 0. The molecule has 1 nitrogen and oxygen atoms in total. The fourth-order valence-corrected chi connectivity index (χ4v) is 3.16. The van der Waals surface area contributed by atoms with E-state index >= 15 is 0 Å². The van der Waals surface area contributed by atoms with E-state index in [9.17, 15) is 0 Å². The number of nitrogens with one attached hydrogen (secondary N) is 1. The van der Waals surface area contributed by atoms with Gasteiger partial charge >= 0.3 is 0 Å². The maximum atomic E-state index is 6.22. The third-order valence-corrected chi connectivity index (χ3v) is 4.25. The Kier molecular flexibility index (Phi) is 8.25. The molecule has 0 aliphatic heterocycles. The molecule has 2 unspecified atom stereocenters. The third-order valence-electron chi connectivity index (χ3n) is 4.03. The summed E-state index contributed by atoms with van der Waals surface area (Å²) in [7, 11) is 0. The number of rotatable bonds is 9. The summed E-state index contributed by atoms with van der Waals surface area (Å²) in [4.78, 5) is 0. The lowest BCUT2D eigenvalue weighted by Crippen LogP contribution is -2.23. The number of aryl methyl sites for hydroxylation is 1. The predicted molar refractivity (Wildman–Crippen MR) is 90.5 cm³/mol. The average molecular weight is 296 g/mol. The number of hydrogen-bond acceptors (Lipinski definition) is 1. The van der Waals surface area contributed by atoms with Crippen LogP contribution in [0.2, 0.25) is 5.02 Å². The van der Waals surface area contributed by atoms with Crippen molar-refractivity contribution in [3.8, 4) is 0 Å². The van der Waals surface area contributed by atoms with E-state index in [0.717, 1.165) is 17.5 Å². The lowest BCUT2D eigenvalue weighted by atomic mass is 9.89. The standard InChI is InChI=1S/C18H30ClN/c1-5-8-9-15(6-2)12-18(20-7-3)16-10-14(4)11-17(19)13-16/h10-11,13,15,18,20H,5-9,12H2,1-4H3. The van der Waals surface area contributed by atoms with Gasteiger partial charge in [-0.1, -0.05) is 64.1 Å². The maximum Gasteiger partial charge on any atom is 0.0411 e. The molecule has 0 bridgehead atoms. The van der Waals surface area contributed by atoms with Crippen molar-refractivity contribution in [2.24, 2.45) is 5.92 Å². The summed E-state index contributed by atoms with van der Waals surface area (Å²) in [6.07, 6.45) is 6.45. The Balaban J connectivity index is 2.81. The quantitative estimate of drug-likeness (QED) is 0.597. The topological polar surface area (TPSA) is 12.0 Å². The van der Waals surface area contributed by atoms with Gasteiger partial charge in [-0.05, 0) is 49.1 Å². The van der Waals surface area contributed by atoms with E-state index in [4.69, 9.17) is 11.6 Å². The minimum atomic E-state index is 0.430. The van der Waals surface area contributed by atoms with Gasteiger partial charge in [0.05, 0.1) is 0 Å². The van der Waals surface area contributed by atoms with E-state index in [2.05, 4.69) is 45.1 Å². The summed E-state index contributed by atoms with van der Waals surface area (Å²) in [6, 6.07) is 6.85. The fraction of sp³-hybridized carbons (Fsp3) is 0.667. The maximum absolute atomic E-state index is 6.22. The molecule has 0 aromatic heterocycles. The minimum Gasteiger partial charge on any atom is -0.310 e. The van der Waals surface area contributed by atoms with Crippen LogP contribution < -0.4 is 5.32 Å². The first-order valence-electron chi connectivity index (χ1n) is 8.11. The largest absolute Gasteiger partial charge is 0.310 e. The lowest BCUT2D eigenvalue weighted by molar-refractivity contribution is 0.357. The van der Waals surface area contributed by atoms with Crippen LogP contribution in [0.15, 0.2) is 18.2 Å². The van der Waals surface area contributed by atoms with Crippen LogP contribution in [0.3, 0.4) is 0 Å². The third kappa shape index (κ3) is 5.85. The zero-order valence-corrected chi connectivity index (χ0v) is 14.3. The predicted octanol–water partition coefficient (Wildman–Crippen LogP) is 5.91. The second-order valence-corrected chi connectivity index (χ2v) is 6.26. The Labute approximate surface area is 130 Å². The molecule has 2 heteroatoms. The van der Waals surface area contributed by atoms with E-state index in [1.165, 1.54) is 43.2 Å². The molecule has 0 heterocycles. The van der Waals surface area contributed by atoms with Crippen molar-refractivity contribution in [2.75, 3.05) is 6.54 Å². The fourth-order valence-electron chi connectivity index (χ4n) is 2.86. The van der Waals surface area contributed by atoms with Gasteiger partial charge in [0.2, 0.25) is 0 Å². The molecule has 0 aliphatic rings. The molecule has 20 heavy (non-hydrogen) atoms. The molecule has 0 amide bonds. The van der Waals surface area contributed by atoms with Gasteiger partial charge in [-0.15, -0.1) is 0 Å². The molecule has 0 spiro atoms. The molecule has 114 valence electrons. The number of hydrogen-bond donors (Lipinski definition) is 1. The summed E-state index contributed by atoms with van der Waals surface area (Å²) >= 11 is 6.22. The Morgan fingerprint density at radius 2 is 1.90 bits per heavy atom. The molecule has 1 N–H and O–H groups in total. The molecule has 2 atom stereocenters. The summed E-state index contributed by atoms with van der Waals surface area (Å²) in [5, 5.41) is 4.49. The van der Waals surface area contributed by atoms with E-state index in [-0.39, 0.29) is 0 Å². The van der Waals surface area contributed by atoms with Crippen LogP contribution in [0.1, 0.15) is 70.0 Å². The Morgan fingerprint density at radius 3 is 2.45 bits per heavy atom. The first-order valence-corrected chi connectivity index (χ1v) is 8.48. The van der Waals surface area contributed by atoms with Crippen LogP contribution in [0.25, 0.3) is 0 Å². The van der Waals surface area contributed by atoms with Crippen molar-refractivity contribution in [1.82, 2.24) is 5.32 Å². The van der Waals surface area contributed by atoms with Crippen LogP contribution in [0, 0.1) is 12.8 Å². The van der Waals surface area contributed by atoms with Gasteiger partial charge in [-0.3, -0.25) is 0 Å². The van der Waals surface area contributed by atoms with Crippen molar-refractivity contribution >= 4 is 11.6 Å². The molecular weight excluding hydrogens is 266 g/mol. The molecule has 0 aliphatic carbocycles. The monoisotopic (exact) mass is 295 g/mol. The first-order chi connectivity index (χ1) is 9.60. The van der Waals surface area contributed by atoms with Gasteiger partial charge < -0.3 is 5.32 Å². The van der Waals surface area contributed by atoms with Crippen molar-refractivity contribution in [3.63, 3.8) is 0 Å².